The van der Waals surface area contributed by atoms with Gasteiger partial charge in [-0.05, 0) is 41.8 Å². The first-order valence-corrected chi connectivity index (χ1v) is 8.04. The molecule has 0 radical (unpaired) electrons. The zero-order chi connectivity index (χ0) is 16.5. The molecule has 2 rings (SSSR count). The van der Waals surface area contributed by atoms with Crippen molar-refractivity contribution < 1.29 is 9.53 Å². The molecule has 0 heterocycles. The molecule has 0 aliphatic rings. The molecule has 3 heteroatoms. The van der Waals surface area contributed by atoms with Crippen LogP contribution in [0.2, 0.25) is 0 Å². The first-order valence-electron chi connectivity index (χ1n) is 8.04. The zero-order valence-corrected chi connectivity index (χ0v) is 13.4. The number of hydrogen-bond acceptors (Lipinski definition) is 3. The third-order valence-corrected chi connectivity index (χ3v) is 3.67. The lowest BCUT2D eigenvalue weighted by atomic mass is 10.0. The number of rotatable bonds is 7. The van der Waals surface area contributed by atoms with Crippen LogP contribution in [0.15, 0.2) is 48.5 Å². The van der Waals surface area contributed by atoms with E-state index in [9.17, 15) is 4.79 Å². The van der Waals surface area contributed by atoms with Crippen molar-refractivity contribution in [3.63, 3.8) is 0 Å². The fourth-order valence-electron chi connectivity index (χ4n) is 2.33. The molecule has 0 spiro atoms. The van der Waals surface area contributed by atoms with Gasteiger partial charge in [0.25, 0.3) is 0 Å². The minimum Gasteiger partial charge on any atom is -0.427 e. The van der Waals surface area contributed by atoms with Crippen molar-refractivity contribution in [1.29, 1.82) is 5.26 Å². The van der Waals surface area contributed by atoms with E-state index in [0.29, 0.717) is 17.7 Å². The second kappa shape index (κ2) is 8.75. The van der Waals surface area contributed by atoms with Crippen LogP contribution < -0.4 is 4.74 Å². The van der Waals surface area contributed by atoms with Gasteiger partial charge in [0.2, 0.25) is 0 Å². The Hall–Kier alpha value is -2.60. The maximum absolute atomic E-state index is 11.7. The normalized spacial score (nSPS) is 10.1. The maximum atomic E-state index is 11.7. The molecule has 0 saturated heterocycles. The van der Waals surface area contributed by atoms with E-state index in [1.165, 1.54) is 0 Å². The average molecular weight is 307 g/mol. The fourth-order valence-corrected chi connectivity index (χ4v) is 2.33. The largest absolute Gasteiger partial charge is 0.427 e. The smallest absolute Gasteiger partial charge is 0.311 e. The van der Waals surface area contributed by atoms with Gasteiger partial charge in [-0.3, -0.25) is 4.79 Å². The summed E-state index contributed by atoms with van der Waals surface area (Å²) in [6, 6.07) is 16.9. The summed E-state index contributed by atoms with van der Waals surface area (Å²) in [4.78, 5) is 11.7. The second-order valence-electron chi connectivity index (χ2n) is 5.50. The number of esters is 1. The maximum Gasteiger partial charge on any atom is 0.311 e. The molecular weight excluding hydrogens is 286 g/mol. The lowest BCUT2D eigenvalue weighted by molar-refractivity contribution is -0.134. The first kappa shape index (κ1) is 16.8. The van der Waals surface area contributed by atoms with Crippen molar-refractivity contribution in [1.82, 2.24) is 0 Å². The van der Waals surface area contributed by atoms with E-state index in [0.717, 1.165) is 36.8 Å². The van der Waals surface area contributed by atoms with Crippen molar-refractivity contribution in [2.45, 2.75) is 39.0 Å². The summed E-state index contributed by atoms with van der Waals surface area (Å²) in [5, 5.41) is 8.81. The highest BCUT2D eigenvalue weighted by Gasteiger charge is 2.05. The fraction of sp³-hybridized carbons (Fsp3) is 0.300. The van der Waals surface area contributed by atoms with Gasteiger partial charge in [0, 0.05) is 6.42 Å². The van der Waals surface area contributed by atoms with Gasteiger partial charge in [-0.2, -0.15) is 5.26 Å². The highest BCUT2D eigenvalue weighted by atomic mass is 16.5. The molecule has 0 atom stereocenters. The predicted octanol–water partition coefficient (Wildman–Crippen LogP) is 5.10. The number of carbonyl (C=O) groups is 1. The lowest BCUT2D eigenvalue weighted by Gasteiger charge is -2.06. The molecular formula is C20H21NO2. The number of carbonyl (C=O) groups excluding carboxylic acids is 1. The van der Waals surface area contributed by atoms with Crippen LogP contribution in [-0.4, -0.2) is 5.97 Å². The minimum atomic E-state index is -0.174. The summed E-state index contributed by atoms with van der Waals surface area (Å²) in [5.41, 5.74) is 2.70. The van der Waals surface area contributed by atoms with Gasteiger partial charge in [0.1, 0.15) is 5.75 Å². The molecule has 0 aromatic heterocycles. The predicted molar refractivity (Wildman–Crippen MR) is 91.0 cm³/mol. The molecule has 0 N–H and O–H groups in total. The number of unbranched alkanes of at least 4 members (excludes halogenated alkanes) is 3. The lowest BCUT2D eigenvalue weighted by Crippen LogP contribution is -2.07. The Bertz CT molecular complexity index is 666. The van der Waals surface area contributed by atoms with E-state index in [-0.39, 0.29) is 5.97 Å². The summed E-state index contributed by atoms with van der Waals surface area (Å²) in [5.74, 6) is 0.398. The number of nitriles is 1. The third kappa shape index (κ3) is 5.27. The Balaban J connectivity index is 1.91. The van der Waals surface area contributed by atoms with Crippen molar-refractivity contribution in [3.05, 3.63) is 54.1 Å². The van der Waals surface area contributed by atoms with Gasteiger partial charge in [0.15, 0.2) is 0 Å². The quantitative estimate of drug-likeness (QED) is 0.406. The van der Waals surface area contributed by atoms with E-state index in [1.807, 2.05) is 24.3 Å². The molecule has 2 aromatic carbocycles. The third-order valence-electron chi connectivity index (χ3n) is 3.67. The molecule has 2 aromatic rings. The van der Waals surface area contributed by atoms with Crippen molar-refractivity contribution in [2.24, 2.45) is 0 Å². The van der Waals surface area contributed by atoms with Crippen LogP contribution in [0.3, 0.4) is 0 Å². The Morgan fingerprint density at radius 2 is 1.57 bits per heavy atom. The van der Waals surface area contributed by atoms with Crippen LogP contribution in [0, 0.1) is 11.3 Å². The van der Waals surface area contributed by atoms with Gasteiger partial charge in [0.05, 0.1) is 11.6 Å². The molecule has 0 saturated carbocycles. The van der Waals surface area contributed by atoms with Crippen LogP contribution in [0.25, 0.3) is 11.1 Å². The van der Waals surface area contributed by atoms with Crippen molar-refractivity contribution in [3.8, 4) is 22.9 Å². The van der Waals surface area contributed by atoms with Gasteiger partial charge in [-0.25, -0.2) is 0 Å². The molecule has 0 unspecified atom stereocenters. The van der Waals surface area contributed by atoms with E-state index in [1.54, 1.807) is 24.3 Å². The van der Waals surface area contributed by atoms with Gasteiger partial charge in [-0.15, -0.1) is 0 Å². The highest BCUT2D eigenvalue weighted by Crippen LogP contribution is 2.23. The number of nitrogens with zero attached hydrogens (tertiary/aromatic N) is 1. The SMILES string of the molecule is CCCCCCC(=O)Oc1ccc(-c2ccc(C#N)cc2)cc1. The minimum absolute atomic E-state index is 0.174. The summed E-state index contributed by atoms with van der Waals surface area (Å²) in [6.45, 7) is 2.15. The molecule has 118 valence electrons. The van der Waals surface area contributed by atoms with Crippen LogP contribution in [0.1, 0.15) is 44.6 Å². The second-order valence-corrected chi connectivity index (χ2v) is 5.50. The summed E-state index contributed by atoms with van der Waals surface area (Å²) in [7, 11) is 0. The van der Waals surface area contributed by atoms with Crippen molar-refractivity contribution in [2.75, 3.05) is 0 Å². The molecule has 23 heavy (non-hydrogen) atoms. The average Bonchev–Trinajstić information content (AvgIpc) is 2.59. The zero-order valence-electron chi connectivity index (χ0n) is 13.4. The van der Waals surface area contributed by atoms with E-state index < -0.39 is 0 Å². The Morgan fingerprint density at radius 1 is 0.957 bits per heavy atom. The molecule has 0 aliphatic carbocycles. The number of ether oxygens (including phenoxy) is 1. The van der Waals surface area contributed by atoms with Crippen LogP contribution >= 0.6 is 0 Å². The van der Waals surface area contributed by atoms with Crippen LogP contribution in [0.5, 0.6) is 5.75 Å². The van der Waals surface area contributed by atoms with Crippen LogP contribution in [0.4, 0.5) is 0 Å². The first-order chi connectivity index (χ1) is 11.2. The summed E-state index contributed by atoms with van der Waals surface area (Å²) < 4.78 is 5.34. The molecule has 3 nitrogen and oxygen atoms in total. The van der Waals surface area contributed by atoms with E-state index >= 15 is 0 Å². The summed E-state index contributed by atoms with van der Waals surface area (Å²) in [6.07, 6.45) is 4.75. The van der Waals surface area contributed by atoms with Crippen LogP contribution in [-0.2, 0) is 4.79 Å². The molecule has 0 amide bonds. The Labute approximate surface area is 137 Å². The van der Waals surface area contributed by atoms with Gasteiger partial charge >= 0.3 is 5.97 Å². The Kier molecular flexibility index (Phi) is 6.38. The van der Waals surface area contributed by atoms with Gasteiger partial charge in [-0.1, -0.05) is 50.5 Å². The number of hydrogen-bond donors (Lipinski definition) is 0. The Morgan fingerprint density at radius 3 is 2.13 bits per heavy atom. The molecule has 0 bridgehead atoms. The summed E-state index contributed by atoms with van der Waals surface area (Å²) >= 11 is 0. The van der Waals surface area contributed by atoms with Gasteiger partial charge < -0.3 is 4.74 Å². The van der Waals surface area contributed by atoms with E-state index in [4.69, 9.17) is 10.00 Å². The van der Waals surface area contributed by atoms with E-state index in [2.05, 4.69) is 13.0 Å². The molecule has 0 fully saturated rings. The highest BCUT2D eigenvalue weighted by molar-refractivity contribution is 5.73. The monoisotopic (exact) mass is 307 g/mol. The standard InChI is InChI=1S/C20H21NO2/c1-2-3-4-5-6-20(22)23-19-13-11-18(12-14-19)17-9-7-16(15-21)8-10-17/h7-14H,2-6H2,1H3. The topological polar surface area (TPSA) is 50.1 Å². The number of benzene rings is 2. The van der Waals surface area contributed by atoms with Crippen molar-refractivity contribution >= 4 is 5.97 Å². The molecule has 0 aliphatic heterocycles.